The molecule has 1 rings (SSSR count). The molecule has 1 atom stereocenters. The second-order valence-electron chi connectivity index (χ2n) is 3.08. The van der Waals surface area contributed by atoms with Gasteiger partial charge in [0.05, 0.1) is 0 Å². The molecule has 1 aliphatic rings. The quantitative estimate of drug-likeness (QED) is 0.577. The van der Waals surface area contributed by atoms with Crippen molar-refractivity contribution in [3.05, 3.63) is 0 Å². The Morgan fingerprint density at radius 2 is 2.10 bits per heavy atom. The number of carbonyl (C=O) groups is 1. The third-order valence-electron chi connectivity index (χ3n) is 2.34. The summed E-state index contributed by atoms with van der Waals surface area (Å²) in [4.78, 5) is 10.4. The number of nitrogens with one attached hydrogen (secondary N) is 1. The predicted molar refractivity (Wildman–Crippen MR) is 40.8 cm³/mol. The van der Waals surface area contributed by atoms with Crippen LogP contribution in [0.3, 0.4) is 0 Å². The molecule has 58 valence electrons. The van der Waals surface area contributed by atoms with Crippen molar-refractivity contribution in [1.82, 2.24) is 5.32 Å². The van der Waals surface area contributed by atoms with Crippen LogP contribution in [0.1, 0.15) is 19.8 Å². The SMILES string of the molecule is CC(C=O)C1CCNCC1. The van der Waals surface area contributed by atoms with Crippen molar-refractivity contribution in [3.63, 3.8) is 0 Å². The van der Waals surface area contributed by atoms with Gasteiger partial charge in [-0.15, -0.1) is 0 Å². The molecule has 0 spiro atoms. The maximum Gasteiger partial charge on any atom is 0.123 e. The van der Waals surface area contributed by atoms with Gasteiger partial charge in [-0.1, -0.05) is 6.92 Å². The molecular formula is C8H15NO. The van der Waals surface area contributed by atoms with Gasteiger partial charge in [0.15, 0.2) is 0 Å². The Labute approximate surface area is 62.0 Å². The lowest BCUT2D eigenvalue weighted by Crippen LogP contribution is -2.31. The van der Waals surface area contributed by atoms with Gasteiger partial charge in [-0.3, -0.25) is 0 Å². The maximum absolute atomic E-state index is 10.4. The highest BCUT2D eigenvalue weighted by molar-refractivity contribution is 5.53. The lowest BCUT2D eigenvalue weighted by atomic mass is 9.87. The van der Waals surface area contributed by atoms with E-state index in [1.165, 1.54) is 12.8 Å². The predicted octanol–water partition coefficient (Wildman–Crippen LogP) is 0.821. The van der Waals surface area contributed by atoms with E-state index in [9.17, 15) is 4.79 Å². The van der Waals surface area contributed by atoms with Crippen molar-refractivity contribution < 1.29 is 4.79 Å². The molecule has 0 bridgehead atoms. The normalized spacial score (nSPS) is 24.1. The molecule has 10 heavy (non-hydrogen) atoms. The molecule has 1 saturated heterocycles. The minimum atomic E-state index is 0.266. The summed E-state index contributed by atoms with van der Waals surface area (Å²) in [6.45, 7) is 4.19. The maximum atomic E-state index is 10.4. The molecule has 0 aromatic carbocycles. The van der Waals surface area contributed by atoms with Crippen LogP contribution < -0.4 is 5.32 Å². The van der Waals surface area contributed by atoms with Gasteiger partial charge in [0.2, 0.25) is 0 Å². The summed E-state index contributed by atoms with van der Waals surface area (Å²) in [6, 6.07) is 0. The van der Waals surface area contributed by atoms with Crippen molar-refractivity contribution in [2.45, 2.75) is 19.8 Å². The molecule has 1 heterocycles. The molecule has 1 fully saturated rings. The second-order valence-corrected chi connectivity index (χ2v) is 3.08. The first-order valence-electron chi connectivity index (χ1n) is 4.00. The molecule has 2 heteroatoms. The topological polar surface area (TPSA) is 29.1 Å². The number of hydrogen-bond acceptors (Lipinski definition) is 2. The summed E-state index contributed by atoms with van der Waals surface area (Å²) >= 11 is 0. The van der Waals surface area contributed by atoms with Gasteiger partial charge >= 0.3 is 0 Å². The van der Waals surface area contributed by atoms with Crippen LogP contribution in [0.2, 0.25) is 0 Å². The molecule has 0 aromatic rings. The smallest absolute Gasteiger partial charge is 0.123 e. The van der Waals surface area contributed by atoms with Gasteiger partial charge in [0, 0.05) is 5.92 Å². The monoisotopic (exact) mass is 141 g/mol. The molecule has 1 N–H and O–H groups in total. The summed E-state index contributed by atoms with van der Waals surface area (Å²) in [7, 11) is 0. The van der Waals surface area contributed by atoms with Crippen LogP contribution in [-0.4, -0.2) is 19.4 Å². The van der Waals surface area contributed by atoms with Gasteiger partial charge in [-0.2, -0.15) is 0 Å². The molecular weight excluding hydrogens is 126 g/mol. The number of hydrogen-bond donors (Lipinski definition) is 1. The fourth-order valence-electron chi connectivity index (χ4n) is 1.48. The summed E-state index contributed by atoms with van der Waals surface area (Å²) in [6.07, 6.45) is 3.41. The molecule has 1 aliphatic heterocycles. The lowest BCUT2D eigenvalue weighted by Gasteiger charge is -2.24. The van der Waals surface area contributed by atoms with Crippen LogP contribution in [0.4, 0.5) is 0 Å². The van der Waals surface area contributed by atoms with Crippen LogP contribution in [0.5, 0.6) is 0 Å². The Hall–Kier alpha value is -0.370. The largest absolute Gasteiger partial charge is 0.317 e. The van der Waals surface area contributed by atoms with E-state index in [2.05, 4.69) is 5.32 Å². The van der Waals surface area contributed by atoms with E-state index in [0.29, 0.717) is 5.92 Å². The summed E-state index contributed by atoms with van der Waals surface area (Å²) in [5.41, 5.74) is 0. The first-order chi connectivity index (χ1) is 4.84. The Morgan fingerprint density at radius 1 is 1.50 bits per heavy atom. The van der Waals surface area contributed by atoms with Crippen molar-refractivity contribution >= 4 is 6.29 Å². The molecule has 1 unspecified atom stereocenters. The van der Waals surface area contributed by atoms with Crippen molar-refractivity contribution in [1.29, 1.82) is 0 Å². The summed E-state index contributed by atoms with van der Waals surface area (Å²) in [5.74, 6) is 0.904. The molecule has 0 radical (unpaired) electrons. The van der Waals surface area contributed by atoms with E-state index in [-0.39, 0.29) is 5.92 Å². The van der Waals surface area contributed by atoms with Crippen LogP contribution in [0, 0.1) is 11.8 Å². The Morgan fingerprint density at radius 3 is 2.60 bits per heavy atom. The van der Waals surface area contributed by atoms with E-state index in [0.717, 1.165) is 19.4 Å². The van der Waals surface area contributed by atoms with Crippen LogP contribution in [0.15, 0.2) is 0 Å². The number of rotatable bonds is 2. The fraction of sp³-hybridized carbons (Fsp3) is 0.875. The van der Waals surface area contributed by atoms with Crippen molar-refractivity contribution in [3.8, 4) is 0 Å². The third-order valence-corrected chi connectivity index (χ3v) is 2.34. The van der Waals surface area contributed by atoms with Crippen molar-refractivity contribution in [2.75, 3.05) is 13.1 Å². The molecule has 0 aliphatic carbocycles. The van der Waals surface area contributed by atoms with Gasteiger partial charge in [-0.25, -0.2) is 0 Å². The minimum Gasteiger partial charge on any atom is -0.317 e. The van der Waals surface area contributed by atoms with E-state index in [1.807, 2.05) is 6.92 Å². The first kappa shape index (κ1) is 7.73. The molecule has 0 amide bonds. The van der Waals surface area contributed by atoms with Gasteiger partial charge in [0.1, 0.15) is 6.29 Å². The van der Waals surface area contributed by atoms with E-state index >= 15 is 0 Å². The van der Waals surface area contributed by atoms with E-state index < -0.39 is 0 Å². The standard InChI is InChI=1S/C8H15NO/c1-7(6-10)8-2-4-9-5-3-8/h6-9H,2-5H2,1H3. The number of aldehydes is 1. The molecule has 0 aromatic heterocycles. The van der Waals surface area contributed by atoms with Crippen molar-refractivity contribution in [2.24, 2.45) is 11.8 Å². The van der Waals surface area contributed by atoms with E-state index in [4.69, 9.17) is 0 Å². The highest BCUT2D eigenvalue weighted by atomic mass is 16.1. The second kappa shape index (κ2) is 3.71. The molecule has 0 saturated carbocycles. The highest BCUT2D eigenvalue weighted by Crippen LogP contribution is 2.19. The van der Waals surface area contributed by atoms with Crippen LogP contribution in [-0.2, 0) is 4.79 Å². The summed E-state index contributed by atoms with van der Waals surface area (Å²) in [5, 5.41) is 3.28. The zero-order chi connectivity index (χ0) is 7.40. The van der Waals surface area contributed by atoms with Crippen LogP contribution in [0.25, 0.3) is 0 Å². The third kappa shape index (κ3) is 1.81. The van der Waals surface area contributed by atoms with Gasteiger partial charge < -0.3 is 10.1 Å². The Balaban J connectivity index is 2.30. The van der Waals surface area contributed by atoms with Crippen LogP contribution >= 0.6 is 0 Å². The number of piperidine rings is 1. The molecule has 2 nitrogen and oxygen atoms in total. The average Bonchev–Trinajstić information content (AvgIpc) is 2.05. The minimum absolute atomic E-state index is 0.266. The van der Waals surface area contributed by atoms with Gasteiger partial charge in [-0.05, 0) is 31.8 Å². The summed E-state index contributed by atoms with van der Waals surface area (Å²) < 4.78 is 0. The lowest BCUT2D eigenvalue weighted by molar-refractivity contribution is -0.112. The Bertz CT molecular complexity index is 108. The Kier molecular flexibility index (Phi) is 2.87. The number of carbonyl (C=O) groups excluding carboxylic acids is 1. The zero-order valence-corrected chi connectivity index (χ0v) is 6.47. The zero-order valence-electron chi connectivity index (χ0n) is 6.47. The highest BCUT2D eigenvalue weighted by Gasteiger charge is 2.18. The van der Waals surface area contributed by atoms with Gasteiger partial charge in [0.25, 0.3) is 0 Å². The first-order valence-corrected chi connectivity index (χ1v) is 4.00. The van der Waals surface area contributed by atoms with E-state index in [1.54, 1.807) is 0 Å². The average molecular weight is 141 g/mol. The fourth-order valence-corrected chi connectivity index (χ4v) is 1.48.